The van der Waals surface area contributed by atoms with Crippen molar-refractivity contribution in [2.24, 2.45) is 11.7 Å². The van der Waals surface area contributed by atoms with E-state index in [1.165, 1.54) is 0 Å². The number of ether oxygens (including phenoxy) is 1. The topological polar surface area (TPSA) is 74.2 Å². The van der Waals surface area contributed by atoms with Gasteiger partial charge in [0.2, 0.25) is 0 Å². The molecule has 1 aliphatic heterocycles. The molecule has 100 valence electrons. The third kappa shape index (κ3) is 2.17. The van der Waals surface area contributed by atoms with Crippen LogP contribution in [0, 0.1) is 5.92 Å². The van der Waals surface area contributed by atoms with Crippen LogP contribution in [0.2, 0.25) is 0 Å². The number of aromatic nitrogens is 2. The summed E-state index contributed by atoms with van der Waals surface area (Å²) in [6, 6.07) is 0. The first-order valence-corrected chi connectivity index (χ1v) is 6.92. The molecule has 1 aromatic rings. The molecule has 0 bridgehead atoms. The van der Waals surface area contributed by atoms with Gasteiger partial charge in [0.15, 0.2) is 5.82 Å². The predicted molar refractivity (Wildman–Crippen MR) is 65.7 cm³/mol. The van der Waals surface area contributed by atoms with Gasteiger partial charge in [-0.15, -0.1) is 0 Å². The van der Waals surface area contributed by atoms with Crippen LogP contribution in [0.4, 0.5) is 0 Å². The summed E-state index contributed by atoms with van der Waals surface area (Å²) in [4.78, 5) is 4.48. The maximum absolute atomic E-state index is 6.43. The minimum atomic E-state index is -0.396. The normalized spacial score (nSPS) is 37.0. The second-order valence-corrected chi connectivity index (χ2v) is 5.80. The van der Waals surface area contributed by atoms with Crippen molar-refractivity contribution in [3.63, 3.8) is 0 Å². The Morgan fingerprint density at radius 2 is 2.06 bits per heavy atom. The highest BCUT2D eigenvalue weighted by Gasteiger charge is 2.37. The summed E-state index contributed by atoms with van der Waals surface area (Å²) in [6.45, 7) is 3.06. The summed E-state index contributed by atoms with van der Waals surface area (Å²) in [7, 11) is 0. The smallest absolute Gasteiger partial charge is 0.255 e. The fourth-order valence-corrected chi connectivity index (χ4v) is 2.84. The maximum Gasteiger partial charge on any atom is 0.255 e. The first-order chi connectivity index (χ1) is 8.67. The highest BCUT2D eigenvalue weighted by molar-refractivity contribution is 5.07. The molecule has 5 nitrogen and oxygen atoms in total. The minimum absolute atomic E-state index is 0.0163. The molecule has 1 unspecified atom stereocenters. The Balaban J connectivity index is 1.75. The summed E-state index contributed by atoms with van der Waals surface area (Å²) in [6.07, 6.45) is 6.18. The molecule has 3 rings (SSSR count). The molecule has 1 saturated carbocycles. The van der Waals surface area contributed by atoms with E-state index in [1.807, 2.05) is 0 Å². The number of hydrogen-bond acceptors (Lipinski definition) is 5. The van der Waals surface area contributed by atoms with Crippen molar-refractivity contribution >= 4 is 0 Å². The standard InChI is InChI=1S/C13H21N3O2/c1-9-4-6-13(14,7-5-9)12-15-11(18-16-12)10-3-2-8-17-10/h9-10H,2-8,14H2,1H3. The lowest BCUT2D eigenvalue weighted by atomic mass is 9.77. The van der Waals surface area contributed by atoms with E-state index in [0.717, 1.165) is 51.0 Å². The highest BCUT2D eigenvalue weighted by Crippen LogP contribution is 2.37. The SMILES string of the molecule is CC1CCC(N)(c2noc(C3CCCO3)n2)CC1. The van der Waals surface area contributed by atoms with Crippen molar-refractivity contribution in [3.8, 4) is 0 Å². The Morgan fingerprint density at radius 1 is 1.28 bits per heavy atom. The molecule has 0 aromatic carbocycles. The average Bonchev–Trinajstić information content (AvgIpc) is 3.01. The Hall–Kier alpha value is -0.940. The van der Waals surface area contributed by atoms with E-state index >= 15 is 0 Å². The first kappa shape index (κ1) is 12.1. The molecule has 0 radical (unpaired) electrons. The van der Waals surface area contributed by atoms with Gasteiger partial charge in [-0.05, 0) is 44.4 Å². The maximum atomic E-state index is 6.43. The Bertz CT molecular complexity index is 404. The third-order valence-corrected chi connectivity index (χ3v) is 4.26. The monoisotopic (exact) mass is 251 g/mol. The van der Waals surface area contributed by atoms with Gasteiger partial charge in [-0.1, -0.05) is 12.1 Å². The van der Waals surface area contributed by atoms with Crippen molar-refractivity contribution in [1.29, 1.82) is 0 Å². The first-order valence-electron chi connectivity index (χ1n) is 6.92. The summed E-state index contributed by atoms with van der Waals surface area (Å²) < 4.78 is 10.9. The van der Waals surface area contributed by atoms with Crippen LogP contribution in [0.1, 0.15) is 63.3 Å². The van der Waals surface area contributed by atoms with Crippen LogP contribution >= 0.6 is 0 Å². The van der Waals surface area contributed by atoms with Crippen LogP contribution in [0.3, 0.4) is 0 Å². The zero-order chi connectivity index (χ0) is 12.6. The third-order valence-electron chi connectivity index (χ3n) is 4.26. The number of nitrogens with two attached hydrogens (primary N) is 1. The van der Waals surface area contributed by atoms with Gasteiger partial charge in [-0.25, -0.2) is 0 Å². The van der Waals surface area contributed by atoms with E-state index in [-0.39, 0.29) is 6.10 Å². The van der Waals surface area contributed by atoms with Gasteiger partial charge in [-0.3, -0.25) is 0 Å². The van der Waals surface area contributed by atoms with Gasteiger partial charge in [-0.2, -0.15) is 4.98 Å². The van der Waals surface area contributed by atoms with E-state index in [2.05, 4.69) is 17.1 Å². The van der Waals surface area contributed by atoms with Crippen molar-refractivity contribution in [3.05, 3.63) is 11.7 Å². The molecule has 1 atom stereocenters. The van der Waals surface area contributed by atoms with Gasteiger partial charge >= 0.3 is 0 Å². The van der Waals surface area contributed by atoms with Gasteiger partial charge in [0.1, 0.15) is 6.10 Å². The van der Waals surface area contributed by atoms with Crippen molar-refractivity contribution in [1.82, 2.24) is 10.1 Å². The summed E-state index contributed by atoms with van der Waals surface area (Å²) >= 11 is 0. The van der Waals surface area contributed by atoms with Gasteiger partial charge in [0.25, 0.3) is 5.89 Å². The van der Waals surface area contributed by atoms with Crippen LogP contribution in [0.25, 0.3) is 0 Å². The second kappa shape index (κ2) is 4.63. The van der Waals surface area contributed by atoms with E-state index < -0.39 is 5.54 Å². The number of rotatable bonds is 2. The molecule has 2 fully saturated rings. The Kier molecular flexibility index (Phi) is 3.11. The van der Waals surface area contributed by atoms with Crippen LogP contribution in [-0.4, -0.2) is 16.7 Å². The fourth-order valence-electron chi connectivity index (χ4n) is 2.84. The van der Waals surface area contributed by atoms with Crippen LogP contribution < -0.4 is 5.73 Å². The molecule has 1 aliphatic carbocycles. The molecule has 2 aliphatic rings. The molecular weight excluding hydrogens is 230 g/mol. The second-order valence-electron chi connectivity index (χ2n) is 5.80. The molecule has 1 aromatic heterocycles. The average molecular weight is 251 g/mol. The van der Waals surface area contributed by atoms with Crippen LogP contribution in [-0.2, 0) is 10.3 Å². The quantitative estimate of drug-likeness (QED) is 0.872. The Labute approximate surface area is 107 Å². The molecule has 0 amide bonds. The molecule has 0 spiro atoms. The molecule has 2 heterocycles. The van der Waals surface area contributed by atoms with Crippen molar-refractivity contribution in [2.75, 3.05) is 6.61 Å². The zero-order valence-electron chi connectivity index (χ0n) is 10.9. The van der Waals surface area contributed by atoms with Crippen molar-refractivity contribution in [2.45, 2.75) is 57.1 Å². The number of nitrogens with zero attached hydrogens (tertiary/aromatic N) is 2. The van der Waals surface area contributed by atoms with Crippen LogP contribution in [0.5, 0.6) is 0 Å². The summed E-state index contributed by atoms with van der Waals surface area (Å²) in [5, 5.41) is 4.09. The predicted octanol–water partition coefficient (Wildman–Crippen LogP) is 2.29. The lowest BCUT2D eigenvalue weighted by molar-refractivity contribution is 0.0835. The van der Waals surface area contributed by atoms with Gasteiger partial charge in [0, 0.05) is 6.61 Å². The lowest BCUT2D eigenvalue weighted by Gasteiger charge is -2.33. The van der Waals surface area contributed by atoms with E-state index in [1.54, 1.807) is 0 Å². The molecule has 18 heavy (non-hydrogen) atoms. The van der Waals surface area contributed by atoms with Crippen molar-refractivity contribution < 1.29 is 9.26 Å². The van der Waals surface area contributed by atoms with E-state index in [9.17, 15) is 0 Å². The largest absolute Gasteiger partial charge is 0.368 e. The zero-order valence-corrected chi connectivity index (χ0v) is 10.9. The van der Waals surface area contributed by atoms with Gasteiger partial charge < -0.3 is 15.0 Å². The van der Waals surface area contributed by atoms with Crippen LogP contribution in [0.15, 0.2) is 4.52 Å². The molecule has 5 heteroatoms. The van der Waals surface area contributed by atoms with E-state index in [0.29, 0.717) is 11.7 Å². The summed E-state index contributed by atoms with van der Waals surface area (Å²) in [5.74, 6) is 2.03. The van der Waals surface area contributed by atoms with E-state index in [4.69, 9.17) is 15.0 Å². The number of hydrogen-bond donors (Lipinski definition) is 1. The highest BCUT2D eigenvalue weighted by atomic mass is 16.5. The lowest BCUT2D eigenvalue weighted by Crippen LogP contribution is -2.41. The van der Waals surface area contributed by atoms with Gasteiger partial charge in [0.05, 0.1) is 5.54 Å². The minimum Gasteiger partial charge on any atom is -0.368 e. The summed E-state index contributed by atoms with van der Waals surface area (Å²) in [5.41, 5.74) is 6.03. The molecule has 1 saturated heterocycles. The molecular formula is C13H21N3O2. The fraction of sp³-hybridized carbons (Fsp3) is 0.846. The Morgan fingerprint density at radius 3 is 2.72 bits per heavy atom. The molecule has 2 N–H and O–H groups in total.